The second-order valence-electron chi connectivity index (χ2n) is 9.06. The van der Waals surface area contributed by atoms with Crippen molar-refractivity contribution in [1.82, 2.24) is 0 Å². The normalized spacial score (nSPS) is 12.4. The second kappa shape index (κ2) is 18.2. The zero-order chi connectivity index (χ0) is 27.7. The topological polar surface area (TPSA) is 125 Å². The Morgan fingerprint density at radius 3 is 1.95 bits per heavy atom. The number of unbranched alkanes of at least 4 members (excludes halogenated alkanes) is 9. The number of carbonyl (C=O) groups excluding carboxylic acids is 1. The molecule has 0 aliphatic rings. The number of rotatable bonds is 18. The van der Waals surface area contributed by atoms with Crippen molar-refractivity contribution >= 4 is 57.2 Å². The summed E-state index contributed by atoms with van der Waals surface area (Å²) < 4.78 is 4.90. The highest BCUT2D eigenvalue weighted by Crippen LogP contribution is 2.35. The third-order valence-corrected chi connectivity index (χ3v) is 8.55. The van der Waals surface area contributed by atoms with E-state index in [9.17, 15) is 19.6 Å². The maximum Gasteiger partial charge on any atom is 0.335 e. The van der Waals surface area contributed by atoms with Crippen LogP contribution < -0.4 is 4.74 Å². The average Bonchev–Trinajstić information content (AvgIpc) is 2.85. The van der Waals surface area contributed by atoms with Crippen LogP contribution in [-0.4, -0.2) is 42.1 Å². The SMILES string of the molecule is CCCCCCCCCCCCSC(=S)SC(C)(C#N)CCC(=O)Oc1cc(C(=O)O)cc(C(=O)O)c1. The van der Waals surface area contributed by atoms with Crippen molar-refractivity contribution in [2.24, 2.45) is 0 Å². The van der Waals surface area contributed by atoms with Gasteiger partial charge in [-0.1, -0.05) is 88.7 Å². The van der Waals surface area contributed by atoms with Crippen LogP contribution in [0.25, 0.3) is 0 Å². The summed E-state index contributed by atoms with van der Waals surface area (Å²) in [5.74, 6) is -2.63. The molecule has 0 saturated carbocycles. The molecule has 0 fully saturated rings. The van der Waals surface area contributed by atoms with Gasteiger partial charge in [-0.05, 0) is 43.7 Å². The summed E-state index contributed by atoms with van der Waals surface area (Å²) >= 11 is 8.27. The van der Waals surface area contributed by atoms with Crippen molar-refractivity contribution in [3.05, 3.63) is 29.3 Å². The van der Waals surface area contributed by atoms with E-state index >= 15 is 0 Å². The monoisotopic (exact) mass is 567 g/mol. The van der Waals surface area contributed by atoms with Crippen LogP contribution in [0.5, 0.6) is 5.75 Å². The second-order valence-corrected chi connectivity index (χ2v) is 12.9. The Bertz CT molecular complexity index is 930. The Balaban J connectivity index is 2.38. The van der Waals surface area contributed by atoms with Gasteiger partial charge >= 0.3 is 17.9 Å². The van der Waals surface area contributed by atoms with Gasteiger partial charge in [0.1, 0.15) is 14.0 Å². The highest BCUT2D eigenvalue weighted by molar-refractivity contribution is 8.47. The number of hydrogen-bond acceptors (Lipinski definition) is 8. The van der Waals surface area contributed by atoms with E-state index in [1.54, 1.807) is 18.7 Å². The summed E-state index contributed by atoms with van der Waals surface area (Å²) in [6, 6.07) is 5.38. The Labute approximate surface area is 233 Å². The number of nitrogens with zero attached hydrogens (tertiary/aromatic N) is 1. The Morgan fingerprint density at radius 2 is 1.46 bits per heavy atom. The van der Waals surface area contributed by atoms with Crippen molar-refractivity contribution in [3.63, 3.8) is 0 Å². The minimum absolute atomic E-state index is 0.109. The molecule has 1 aromatic carbocycles. The molecule has 0 aliphatic heterocycles. The lowest BCUT2D eigenvalue weighted by Gasteiger charge is -2.20. The molecule has 0 spiro atoms. The highest BCUT2D eigenvalue weighted by atomic mass is 32.2. The molecule has 0 radical (unpaired) electrons. The number of carboxylic acid groups (broad SMARTS) is 2. The van der Waals surface area contributed by atoms with Crippen LogP contribution in [0.4, 0.5) is 0 Å². The van der Waals surface area contributed by atoms with Gasteiger partial charge in [0, 0.05) is 6.42 Å². The van der Waals surface area contributed by atoms with Crippen LogP contribution >= 0.6 is 35.7 Å². The Kier molecular flexibility index (Phi) is 16.2. The molecule has 2 N–H and O–H groups in total. The van der Waals surface area contributed by atoms with E-state index in [0.717, 1.165) is 30.4 Å². The zero-order valence-electron chi connectivity index (χ0n) is 21.6. The molecule has 37 heavy (non-hydrogen) atoms. The fraction of sp³-hybridized carbons (Fsp3) is 0.593. The van der Waals surface area contributed by atoms with E-state index in [0.29, 0.717) is 3.53 Å². The Morgan fingerprint density at radius 1 is 0.946 bits per heavy atom. The van der Waals surface area contributed by atoms with Crippen LogP contribution in [0.1, 0.15) is 112 Å². The molecule has 0 aliphatic carbocycles. The smallest absolute Gasteiger partial charge is 0.335 e. The van der Waals surface area contributed by atoms with Gasteiger partial charge in [-0.2, -0.15) is 5.26 Å². The van der Waals surface area contributed by atoms with Gasteiger partial charge in [-0.25, -0.2) is 9.59 Å². The van der Waals surface area contributed by atoms with Gasteiger partial charge in [0.15, 0.2) is 0 Å². The fourth-order valence-corrected chi connectivity index (χ4v) is 6.49. The van der Waals surface area contributed by atoms with Crippen LogP contribution in [0, 0.1) is 11.3 Å². The van der Waals surface area contributed by atoms with Gasteiger partial charge in [-0.3, -0.25) is 4.79 Å². The first-order valence-corrected chi connectivity index (χ1v) is 14.9. The number of carbonyl (C=O) groups is 3. The van der Waals surface area contributed by atoms with Crippen molar-refractivity contribution in [3.8, 4) is 11.8 Å². The number of carboxylic acids is 2. The number of ether oxygens (including phenoxy) is 1. The van der Waals surface area contributed by atoms with E-state index in [1.807, 2.05) is 0 Å². The van der Waals surface area contributed by atoms with E-state index < -0.39 is 22.7 Å². The first-order chi connectivity index (χ1) is 17.6. The van der Waals surface area contributed by atoms with Crippen LogP contribution in [0.3, 0.4) is 0 Å². The van der Waals surface area contributed by atoms with E-state index in [1.165, 1.54) is 69.5 Å². The summed E-state index contributed by atoms with van der Waals surface area (Å²) in [5.41, 5.74) is -0.602. The lowest BCUT2D eigenvalue weighted by atomic mass is 10.1. The third kappa shape index (κ3) is 14.4. The molecule has 1 atom stereocenters. The molecule has 1 rings (SSSR count). The predicted octanol–water partition coefficient (Wildman–Crippen LogP) is 7.72. The van der Waals surface area contributed by atoms with E-state index in [-0.39, 0.29) is 29.7 Å². The lowest BCUT2D eigenvalue weighted by molar-refractivity contribution is -0.134. The van der Waals surface area contributed by atoms with Crippen molar-refractivity contribution < 1.29 is 29.3 Å². The highest BCUT2D eigenvalue weighted by Gasteiger charge is 2.28. The number of esters is 1. The van der Waals surface area contributed by atoms with Crippen molar-refractivity contribution in [2.75, 3.05) is 5.75 Å². The summed E-state index contributed by atoms with van der Waals surface area (Å²) in [6.45, 7) is 3.94. The van der Waals surface area contributed by atoms with Crippen LogP contribution in [0.2, 0.25) is 0 Å². The number of aromatic carboxylic acids is 2. The largest absolute Gasteiger partial charge is 0.478 e. The van der Waals surface area contributed by atoms with Gasteiger partial charge < -0.3 is 14.9 Å². The Hall–Kier alpha value is -2.09. The van der Waals surface area contributed by atoms with Crippen LogP contribution in [0.15, 0.2) is 18.2 Å². The molecule has 0 saturated heterocycles. The number of nitriles is 1. The molecule has 10 heteroatoms. The predicted molar refractivity (Wildman–Crippen MR) is 154 cm³/mol. The maximum absolute atomic E-state index is 12.3. The number of thiocarbonyl (C=S) groups is 1. The van der Waals surface area contributed by atoms with Gasteiger partial charge in [0.2, 0.25) is 0 Å². The molecule has 0 bridgehead atoms. The van der Waals surface area contributed by atoms with E-state index in [4.69, 9.17) is 27.2 Å². The first kappa shape index (κ1) is 32.9. The summed E-state index contributed by atoms with van der Waals surface area (Å²) in [7, 11) is 0. The van der Waals surface area contributed by atoms with Gasteiger partial charge in [0.25, 0.3) is 0 Å². The van der Waals surface area contributed by atoms with E-state index in [2.05, 4.69) is 13.0 Å². The van der Waals surface area contributed by atoms with Gasteiger partial charge in [-0.15, -0.1) is 11.8 Å². The van der Waals surface area contributed by atoms with Crippen molar-refractivity contribution in [1.29, 1.82) is 5.26 Å². The molecule has 0 aromatic heterocycles. The summed E-state index contributed by atoms with van der Waals surface area (Å²) in [5, 5.41) is 28.0. The summed E-state index contributed by atoms with van der Waals surface area (Å²) in [6.07, 6.45) is 12.8. The number of benzene rings is 1. The molecule has 204 valence electrons. The van der Waals surface area contributed by atoms with Crippen molar-refractivity contribution in [2.45, 2.75) is 95.6 Å². The third-order valence-electron chi connectivity index (χ3n) is 5.70. The first-order valence-electron chi connectivity index (χ1n) is 12.7. The molecule has 0 amide bonds. The quantitative estimate of drug-likeness (QED) is 0.0788. The number of hydrogen-bond donors (Lipinski definition) is 2. The minimum atomic E-state index is -1.34. The van der Waals surface area contributed by atoms with Gasteiger partial charge in [0.05, 0.1) is 17.2 Å². The molecule has 0 heterocycles. The summed E-state index contributed by atoms with van der Waals surface area (Å²) in [4.78, 5) is 34.8. The molecule has 1 aromatic rings. The molecule has 7 nitrogen and oxygen atoms in total. The fourth-order valence-electron chi connectivity index (χ4n) is 3.52. The maximum atomic E-state index is 12.3. The molecular weight excluding hydrogens is 530 g/mol. The number of thioether (sulfide) groups is 2. The molecule has 1 unspecified atom stereocenters. The zero-order valence-corrected chi connectivity index (χ0v) is 24.1. The lowest BCUT2D eigenvalue weighted by Crippen LogP contribution is -2.22. The average molecular weight is 568 g/mol. The minimum Gasteiger partial charge on any atom is -0.478 e. The molecular formula is C27H37NO6S3. The standard InChI is InChI=1S/C27H37NO6S3/c1-3-4-5-6-7-8-9-10-11-12-15-36-26(35)37-27(2,19-28)14-13-23(29)34-22-17-20(24(30)31)16-21(18-22)25(32)33/h16-18H,3-15H2,1-2H3,(H,30,31)(H,32,33). The van der Waals surface area contributed by atoms with Crippen LogP contribution in [-0.2, 0) is 4.79 Å².